The van der Waals surface area contributed by atoms with Gasteiger partial charge in [-0.25, -0.2) is 0 Å². The Balaban J connectivity index is 2.74. The van der Waals surface area contributed by atoms with Crippen molar-refractivity contribution in [2.75, 3.05) is 0 Å². The molecule has 0 spiro atoms. The summed E-state index contributed by atoms with van der Waals surface area (Å²) in [6.07, 6.45) is 1.75. The van der Waals surface area contributed by atoms with Crippen LogP contribution in [0.5, 0.6) is 0 Å². The molecule has 106 valence electrons. The number of carbonyl (C=O) groups is 1. The highest BCUT2D eigenvalue weighted by atomic mass is 16.5. The van der Waals surface area contributed by atoms with Crippen molar-refractivity contribution < 1.29 is 9.53 Å². The monoisotopic (exact) mass is 255 g/mol. The van der Waals surface area contributed by atoms with Gasteiger partial charge in [0.25, 0.3) is 0 Å². The first-order valence-electron chi connectivity index (χ1n) is 7.14. The maximum absolute atomic E-state index is 12.3. The van der Waals surface area contributed by atoms with E-state index in [0.29, 0.717) is 11.8 Å². The highest BCUT2D eigenvalue weighted by molar-refractivity contribution is 5.73. The van der Waals surface area contributed by atoms with Crippen LogP contribution in [0.3, 0.4) is 0 Å². The van der Waals surface area contributed by atoms with E-state index in [2.05, 4.69) is 34.6 Å². The zero-order valence-electron chi connectivity index (χ0n) is 12.7. The molecule has 0 aromatic heterocycles. The van der Waals surface area contributed by atoms with Gasteiger partial charge in [0.05, 0.1) is 5.92 Å². The zero-order valence-corrected chi connectivity index (χ0v) is 12.7. The molecular weight excluding hydrogens is 226 g/mol. The predicted octanol–water partition coefficient (Wildman–Crippen LogP) is 2.97. The lowest BCUT2D eigenvalue weighted by atomic mass is 9.61. The van der Waals surface area contributed by atoms with Gasteiger partial charge < -0.3 is 10.5 Å². The molecule has 1 saturated carbocycles. The third kappa shape index (κ3) is 3.05. The average Bonchev–Trinajstić information content (AvgIpc) is 2.25. The highest BCUT2D eigenvalue weighted by Gasteiger charge is 2.46. The third-order valence-electron chi connectivity index (χ3n) is 5.03. The van der Waals surface area contributed by atoms with E-state index < -0.39 is 0 Å². The first-order chi connectivity index (χ1) is 8.17. The molecule has 1 rings (SSSR count). The van der Waals surface area contributed by atoms with Crippen LogP contribution in [0.25, 0.3) is 0 Å². The van der Waals surface area contributed by atoms with Crippen molar-refractivity contribution in [2.24, 2.45) is 28.9 Å². The molecule has 18 heavy (non-hydrogen) atoms. The first kappa shape index (κ1) is 15.5. The largest absolute Gasteiger partial charge is 0.462 e. The van der Waals surface area contributed by atoms with Crippen LogP contribution in [0, 0.1) is 23.2 Å². The van der Waals surface area contributed by atoms with E-state index in [1.165, 1.54) is 0 Å². The van der Waals surface area contributed by atoms with Crippen LogP contribution in [-0.2, 0) is 9.53 Å². The second-order valence-electron chi connectivity index (χ2n) is 6.79. The fraction of sp³-hybridized carbons (Fsp3) is 0.933. The molecule has 0 amide bonds. The van der Waals surface area contributed by atoms with Gasteiger partial charge in [0, 0.05) is 6.04 Å². The second kappa shape index (κ2) is 5.60. The fourth-order valence-electron chi connectivity index (χ4n) is 2.67. The van der Waals surface area contributed by atoms with Gasteiger partial charge in [-0.15, -0.1) is 0 Å². The standard InChI is InChI=1S/C15H29NO2/c1-9(2)11(4)18-14(17)12-7-8-13(16)10(3)15(12,5)6/h9-13H,7-8,16H2,1-6H3. The van der Waals surface area contributed by atoms with Crippen molar-refractivity contribution in [3.63, 3.8) is 0 Å². The first-order valence-corrected chi connectivity index (χ1v) is 7.14. The molecule has 0 aromatic rings. The van der Waals surface area contributed by atoms with Crippen LogP contribution in [-0.4, -0.2) is 18.1 Å². The van der Waals surface area contributed by atoms with Gasteiger partial charge in [0.15, 0.2) is 0 Å². The quantitative estimate of drug-likeness (QED) is 0.789. The highest BCUT2D eigenvalue weighted by Crippen LogP contribution is 2.45. The molecule has 0 heterocycles. The lowest BCUT2D eigenvalue weighted by molar-refractivity contribution is -0.163. The summed E-state index contributed by atoms with van der Waals surface area (Å²) in [5, 5.41) is 0. The Morgan fingerprint density at radius 2 is 1.83 bits per heavy atom. The molecule has 4 unspecified atom stereocenters. The van der Waals surface area contributed by atoms with Crippen LogP contribution in [0.15, 0.2) is 0 Å². The summed E-state index contributed by atoms with van der Waals surface area (Å²) < 4.78 is 5.59. The van der Waals surface area contributed by atoms with E-state index in [1.54, 1.807) is 0 Å². The summed E-state index contributed by atoms with van der Waals surface area (Å²) in [5.74, 6) is 0.645. The molecule has 3 heteroatoms. The van der Waals surface area contributed by atoms with Crippen molar-refractivity contribution in [3.8, 4) is 0 Å². The lowest BCUT2D eigenvalue weighted by Gasteiger charge is -2.45. The normalized spacial score (nSPS) is 33.2. The second-order valence-corrected chi connectivity index (χ2v) is 6.79. The molecule has 0 radical (unpaired) electrons. The molecule has 0 aliphatic heterocycles. The van der Waals surface area contributed by atoms with Crippen LogP contribution in [0.4, 0.5) is 0 Å². The summed E-state index contributed by atoms with van der Waals surface area (Å²) in [4.78, 5) is 12.3. The molecule has 0 bridgehead atoms. The molecule has 1 aliphatic rings. The molecule has 0 saturated heterocycles. The summed E-state index contributed by atoms with van der Waals surface area (Å²) in [6, 6.07) is 0.201. The van der Waals surface area contributed by atoms with Crippen molar-refractivity contribution in [1.29, 1.82) is 0 Å². The summed E-state index contributed by atoms with van der Waals surface area (Å²) >= 11 is 0. The van der Waals surface area contributed by atoms with E-state index in [4.69, 9.17) is 10.5 Å². The number of ether oxygens (including phenoxy) is 1. The molecule has 1 fully saturated rings. The summed E-state index contributed by atoms with van der Waals surface area (Å²) in [5.41, 5.74) is 6.04. The van der Waals surface area contributed by atoms with Gasteiger partial charge in [-0.3, -0.25) is 4.79 Å². The van der Waals surface area contributed by atoms with Crippen LogP contribution in [0.2, 0.25) is 0 Å². The Morgan fingerprint density at radius 3 is 2.33 bits per heavy atom. The van der Waals surface area contributed by atoms with Crippen LogP contribution < -0.4 is 5.73 Å². The minimum atomic E-state index is -0.0779. The topological polar surface area (TPSA) is 52.3 Å². The maximum atomic E-state index is 12.3. The van der Waals surface area contributed by atoms with E-state index in [0.717, 1.165) is 12.8 Å². The van der Waals surface area contributed by atoms with E-state index in [1.807, 2.05) is 6.92 Å². The molecule has 0 aromatic carbocycles. The third-order valence-corrected chi connectivity index (χ3v) is 5.03. The van der Waals surface area contributed by atoms with Crippen molar-refractivity contribution in [1.82, 2.24) is 0 Å². The molecule has 4 atom stereocenters. The molecule has 1 aliphatic carbocycles. The summed E-state index contributed by atoms with van der Waals surface area (Å²) in [7, 11) is 0. The van der Waals surface area contributed by atoms with Gasteiger partial charge in [0.1, 0.15) is 6.10 Å². The van der Waals surface area contributed by atoms with Gasteiger partial charge in [-0.05, 0) is 37.0 Å². The fourth-order valence-corrected chi connectivity index (χ4v) is 2.67. The number of esters is 1. The van der Waals surface area contributed by atoms with E-state index in [9.17, 15) is 4.79 Å². The Bertz CT molecular complexity index is 299. The smallest absolute Gasteiger partial charge is 0.309 e. The van der Waals surface area contributed by atoms with Gasteiger partial charge in [-0.1, -0.05) is 34.6 Å². The SMILES string of the molecule is CC(C)C(C)OC(=O)C1CCC(N)C(C)C1(C)C. The number of carbonyl (C=O) groups excluding carboxylic acids is 1. The number of nitrogens with two attached hydrogens (primary N) is 1. The summed E-state index contributed by atoms with van der Waals surface area (Å²) in [6.45, 7) is 12.5. The predicted molar refractivity (Wildman–Crippen MR) is 74.0 cm³/mol. The Labute approximate surface area is 111 Å². The minimum absolute atomic E-state index is 0.0146. The van der Waals surface area contributed by atoms with Gasteiger partial charge in [-0.2, -0.15) is 0 Å². The van der Waals surface area contributed by atoms with Gasteiger partial charge >= 0.3 is 5.97 Å². The van der Waals surface area contributed by atoms with Gasteiger partial charge in [0.2, 0.25) is 0 Å². The zero-order chi connectivity index (χ0) is 14.1. The number of rotatable bonds is 3. The molecular formula is C15H29NO2. The van der Waals surface area contributed by atoms with Crippen molar-refractivity contribution >= 4 is 5.97 Å². The Morgan fingerprint density at radius 1 is 1.28 bits per heavy atom. The number of hydrogen-bond donors (Lipinski definition) is 1. The lowest BCUT2D eigenvalue weighted by Crippen LogP contribution is -2.50. The van der Waals surface area contributed by atoms with Crippen LogP contribution in [0.1, 0.15) is 54.4 Å². The number of hydrogen-bond acceptors (Lipinski definition) is 3. The van der Waals surface area contributed by atoms with E-state index in [-0.39, 0.29) is 29.4 Å². The van der Waals surface area contributed by atoms with Crippen LogP contribution >= 0.6 is 0 Å². The Kier molecular flexibility index (Phi) is 4.82. The maximum Gasteiger partial charge on any atom is 0.309 e. The average molecular weight is 255 g/mol. The molecule has 3 nitrogen and oxygen atoms in total. The Hall–Kier alpha value is -0.570. The van der Waals surface area contributed by atoms with Crippen molar-refractivity contribution in [2.45, 2.75) is 66.5 Å². The minimum Gasteiger partial charge on any atom is -0.462 e. The van der Waals surface area contributed by atoms with E-state index >= 15 is 0 Å². The molecule has 2 N–H and O–H groups in total. The van der Waals surface area contributed by atoms with Crippen molar-refractivity contribution in [3.05, 3.63) is 0 Å².